The second kappa shape index (κ2) is 9.29. The van der Waals surface area contributed by atoms with Crippen molar-refractivity contribution in [3.8, 4) is 0 Å². The molecule has 0 bridgehead atoms. The van der Waals surface area contributed by atoms with Gasteiger partial charge in [-0.25, -0.2) is 0 Å². The molecule has 4 aromatic carbocycles. The van der Waals surface area contributed by atoms with Crippen LogP contribution in [0.1, 0.15) is 36.1 Å². The van der Waals surface area contributed by atoms with Gasteiger partial charge in [0.25, 0.3) is 0 Å². The van der Waals surface area contributed by atoms with E-state index in [1.54, 1.807) is 0 Å². The molecule has 2 atom stereocenters. The van der Waals surface area contributed by atoms with E-state index in [-0.39, 0.29) is 0 Å². The summed E-state index contributed by atoms with van der Waals surface area (Å²) in [6.07, 6.45) is -1.39. The Bertz CT molecular complexity index is 1070. The predicted octanol–water partition coefficient (Wildman–Crippen LogP) is 6.32. The van der Waals surface area contributed by atoms with Crippen LogP contribution in [0.15, 0.2) is 121 Å². The van der Waals surface area contributed by atoms with Crippen LogP contribution in [0.2, 0.25) is 0 Å². The first-order valence-corrected chi connectivity index (χ1v) is 12.3. The number of thiol groups is 1. The van der Waals surface area contributed by atoms with Gasteiger partial charge in [0.05, 0.1) is 4.75 Å². The van der Waals surface area contributed by atoms with Crippen LogP contribution in [0.5, 0.6) is 0 Å². The van der Waals surface area contributed by atoms with E-state index in [4.69, 9.17) is 22.1 Å². The second-order valence-electron chi connectivity index (χ2n) is 9.47. The molecular formula is C31H30O3S. The number of benzene rings is 4. The van der Waals surface area contributed by atoms with E-state index < -0.39 is 28.3 Å². The Kier molecular flexibility index (Phi) is 6.32. The quantitative estimate of drug-likeness (QED) is 0.316. The van der Waals surface area contributed by atoms with Crippen LogP contribution in [0.3, 0.4) is 0 Å². The summed E-state index contributed by atoms with van der Waals surface area (Å²) in [6, 6.07) is 39.5. The summed E-state index contributed by atoms with van der Waals surface area (Å²) in [7, 11) is 0. The van der Waals surface area contributed by atoms with Crippen LogP contribution in [-0.4, -0.2) is 23.1 Å². The number of aliphatic hydroxyl groups is 1. The second-order valence-corrected chi connectivity index (χ2v) is 10.2. The van der Waals surface area contributed by atoms with Crippen molar-refractivity contribution in [2.45, 2.75) is 42.2 Å². The zero-order valence-corrected chi connectivity index (χ0v) is 20.8. The molecule has 1 heterocycles. The minimum atomic E-state index is -1.49. The fourth-order valence-electron chi connectivity index (χ4n) is 5.13. The first kappa shape index (κ1) is 23.8. The maximum atomic E-state index is 12.7. The van der Waals surface area contributed by atoms with Crippen LogP contribution in [-0.2, 0) is 19.8 Å². The molecule has 0 saturated carbocycles. The molecule has 1 aliphatic rings. The molecule has 0 amide bonds. The molecule has 0 spiro atoms. The van der Waals surface area contributed by atoms with Crippen molar-refractivity contribution in [1.29, 1.82) is 0 Å². The van der Waals surface area contributed by atoms with Crippen LogP contribution >= 0.6 is 12.6 Å². The maximum Gasteiger partial charge on any atom is 0.164 e. The Hall–Kier alpha value is -2.89. The molecule has 1 aliphatic heterocycles. The third-order valence-corrected chi connectivity index (χ3v) is 7.55. The van der Waals surface area contributed by atoms with E-state index in [0.29, 0.717) is 0 Å². The molecule has 3 nitrogen and oxygen atoms in total. The lowest BCUT2D eigenvalue weighted by atomic mass is 9.74. The maximum absolute atomic E-state index is 12.7. The molecule has 0 aliphatic carbocycles. The third kappa shape index (κ3) is 4.21. The van der Waals surface area contributed by atoms with E-state index in [1.165, 1.54) is 0 Å². The van der Waals surface area contributed by atoms with Gasteiger partial charge in [-0.2, -0.15) is 12.6 Å². The van der Waals surface area contributed by atoms with Crippen LogP contribution < -0.4 is 0 Å². The summed E-state index contributed by atoms with van der Waals surface area (Å²) in [5.41, 5.74) is 1.92. The van der Waals surface area contributed by atoms with Gasteiger partial charge >= 0.3 is 0 Å². The Balaban J connectivity index is 1.76. The van der Waals surface area contributed by atoms with Crippen molar-refractivity contribution >= 4 is 12.6 Å². The van der Waals surface area contributed by atoms with Crippen molar-refractivity contribution in [2.24, 2.45) is 0 Å². The minimum absolute atomic E-state index is 0.629. The summed E-state index contributed by atoms with van der Waals surface area (Å²) in [4.78, 5) is 0. The van der Waals surface area contributed by atoms with Gasteiger partial charge in [0.15, 0.2) is 5.79 Å². The third-order valence-electron chi connectivity index (χ3n) is 6.78. The standard InChI is InChI=1S/C31H30O3S/c1-29(2)33-27(30(32,23-15-7-3-8-16-23)24-17-9-4-10-18-24)28(34-29)31(35,25-19-11-5-12-20-25)26-21-13-6-14-22-26/h3-22,27-28,32,35H,1-2H3/t27-,28-/m1/s1. The molecule has 1 saturated heterocycles. The van der Waals surface area contributed by atoms with Crippen molar-refractivity contribution in [1.82, 2.24) is 0 Å². The number of hydrogen-bond donors (Lipinski definition) is 2. The lowest BCUT2D eigenvalue weighted by Gasteiger charge is -2.43. The van der Waals surface area contributed by atoms with Gasteiger partial charge in [-0.1, -0.05) is 121 Å². The van der Waals surface area contributed by atoms with E-state index in [1.807, 2.05) is 111 Å². The van der Waals surface area contributed by atoms with Gasteiger partial charge in [-0.3, -0.25) is 0 Å². The van der Waals surface area contributed by atoms with Gasteiger partial charge in [0.2, 0.25) is 0 Å². The van der Waals surface area contributed by atoms with Crippen LogP contribution in [0, 0.1) is 0 Å². The molecule has 0 aromatic heterocycles. The first-order chi connectivity index (χ1) is 16.9. The summed E-state index contributed by atoms with van der Waals surface area (Å²) >= 11 is 5.37. The van der Waals surface area contributed by atoms with Gasteiger partial charge < -0.3 is 14.6 Å². The average molecular weight is 483 g/mol. The summed E-state index contributed by atoms with van der Waals surface area (Å²) in [5.74, 6) is -0.940. The molecule has 5 rings (SSSR count). The number of rotatable bonds is 6. The molecule has 4 heteroatoms. The van der Waals surface area contributed by atoms with Crippen LogP contribution in [0.4, 0.5) is 0 Å². The Morgan fingerprint density at radius 2 is 0.886 bits per heavy atom. The van der Waals surface area contributed by atoms with Gasteiger partial charge in [0, 0.05) is 0 Å². The topological polar surface area (TPSA) is 38.7 Å². The number of hydrogen-bond acceptors (Lipinski definition) is 4. The minimum Gasteiger partial charge on any atom is -0.378 e. The monoisotopic (exact) mass is 482 g/mol. The Labute approximate surface area is 212 Å². The van der Waals surface area contributed by atoms with Crippen molar-refractivity contribution in [2.75, 3.05) is 0 Å². The molecule has 35 heavy (non-hydrogen) atoms. The molecule has 178 valence electrons. The summed E-state index contributed by atoms with van der Waals surface area (Å²) in [5, 5.41) is 12.7. The highest BCUT2D eigenvalue weighted by atomic mass is 32.1. The fourth-order valence-corrected chi connectivity index (χ4v) is 5.62. The van der Waals surface area contributed by atoms with Gasteiger partial charge in [-0.15, -0.1) is 0 Å². The van der Waals surface area contributed by atoms with E-state index in [9.17, 15) is 5.11 Å². The fraction of sp³-hybridized carbons (Fsp3) is 0.226. The average Bonchev–Trinajstić information content (AvgIpc) is 3.26. The smallest absolute Gasteiger partial charge is 0.164 e. The summed E-state index contributed by atoms with van der Waals surface area (Å²) < 4.78 is 12.4. The van der Waals surface area contributed by atoms with Crippen molar-refractivity contribution < 1.29 is 14.6 Å². The predicted molar refractivity (Wildman–Crippen MR) is 142 cm³/mol. The zero-order valence-electron chi connectivity index (χ0n) is 19.9. The molecule has 0 unspecified atom stereocenters. The Morgan fingerprint density at radius 3 is 1.26 bits per heavy atom. The van der Waals surface area contributed by atoms with Gasteiger partial charge in [0.1, 0.15) is 17.8 Å². The summed E-state index contributed by atoms with van der Waals surface area (Å²) in [6.45, 7) is 3.78. The van der Waals surface area contributed by atoms with E-state index in [0.717, 1.165) is 22.3 Å². The molecular weight excluding hydrogens is 452 g/mol. The number of ether oxygens (including phenoxy) is 2. The molecule has 1 fully saturated rings. The largest absolute Gasteiger partial charge is 0.378 e. The van der Waals surface area contributed by atoms with Crippen molar-refractivity contribution in [3.05, 3.63) is 144 Å². The lowest BCUT2D eigenvalue weighted by molar-refractivity contribution is -0.166. The normalized spacial score (nSPS) is 20.0. The van der Waals surface area contributed by atoms with Crippen molar-refractivity contribution in [3.63, 3.8) is 0 Å². The molecule has 0 radical (unpaired) electrons. The highest BCUT2D eigenvalue weighted by Crippen LogP contribution is 2.52. The lowest BCUT2D eigenvalue weighted by Crippen LogP contribution is -2.53. The van der Waals surface area contributed by atoms with Crippen LogP contribution in [0.25, 0.3) is 0 Å². The zero-order chi connectivity index (χ0) is 24.5. The van der Waals surface area contributed by atoms with E-state index >= 15 is 0 Å². The molecule has 4 aromatic rings. The molecule has 1 N–H and O–H groups in total. The highest BCUT2D eigenvalue weighted by Gasteiger charge is 2.60. The van der Waals surface area contributed by atoms with E-state index in [2.05, 4.69) is 24.3 Å². The first-order valence-electron chi connectivity index (χ1n) is 11.9. The van der Waals surface area contributed by atoms with Gasteiger partial charge in [-0.05, 0) is 36.1 Å². The Morgan fingerprint density at radius 1 is 0.571 bits per heavy atom. The highest BCUT2D eigenvalue weighted by molar-refractivity contribution is 7.81. The SMILES string of the molecule is CC1(C)O[C@@H](C(O)(c2ccccc2)c2ccccc2)[C@H](C(S)(c2ccccc2)c2ccccc2)O1.